The monoisotopic (exact) mass is 531 g/mol. The molecular formula is C27H37N3O6S. The summed E-state index contributed by atoms with van der Waals surface area (Å²) in [5, 5.41) is 8.87. The van der Waals surface area contributed by atoms with Crippen molar-refractivity contribution in [2.75, 3.05) is 32.1 Å². The van der Waals surface area contributed by atoms with E-state index >= 15 is 0 Å². The number of carbonyl (C=O) groups is 1. The van der Waals surface area contributed by atoms with Gasteiger partial charge in [-0.2, -0.15) is 0 Å². The van der Waals surface area contributed by atoms with Crippen LogP contribution in [0.4, 0.5) is 4.79 Å². The number of aromatic nitrogens is 2. The van der Waals surface area contributed by atoms with Crippen molar-refractivity contribution in [1.82, 2.24) is 14.9 Å². The lowest BCUT2D eigenvalue weighted by atomic mass is 9.83. The molecule has 2 aliphatic rings. The number of carbonyl (C=O) groups excluding carboxylic acids is 1. The molecular weight excluding hydrogens is 494 g/mol. The molecule has 0 atom stereocenters. The molecule has 1 N–H and O–H groups in total. The Morgan fingerprint density at radius 3 is 2.51 bits per heavy atom. The molecule has 10 heteroatoms. The van der Waals surface area contributed by atoms with E-state index in [0.29, 0.717) is 31.1 Å². The number of rotatable bonds is 7. The molecule has 4 rings (SSSR count). The summed E-state index contributed by atoms with van der Waals surface area (Å²) in [4.78, 5) is 23.0. The number of fused-ring (bicyclic) bond motifs is 1. The van der Waals surface area contributed by atoms with Gasteiger partial charge in [-0.15, -0.1) is 0 Å². The minimum atomic E-state index is -3.30. The van der Waals surface area contributed by atoms with E-state index in [1.807, 2.05) is 39.0 Å². The smallest absolute Gasteiger partial charge is 0.409 e. The van der Waals surface area contributed by atoms with Crippen molar-refractivity contribution in [2.24, 2.45) is 5.41 Å². The van der Waals surface area contributed by atoms with E-state index in [2.05, 4.69) is 9.97 Å². The first-order chi connectivity index (χ1) is 17.5. The fourth-order valence-electron chi connectivity index (χ4n) is 4.67. The van der Waals surface area contributed by atoms with Crippen molar-refractivity contribution in [3.8, 4) is 17.1 Å². The van der Waals surface area contributed by atoms with Crippen molar-refractivity contribution < 1.29 is 27.8 Å². The average molecular weight is 532 g/mol. The molecule has 1 fully saturated rings. The number of sulfone groups is 1. The van der Waals surface area contributed by atoms with Crippen LogP contribution in [0.5, 0.6) is 5.75 Å². The van der Waals surface area contributed by atoms with Gasteiger partial charge < -0.3 is 19.5 Å². The first-order valence-electron chi connectivity index (χ1n) is 12.8. The van der Waals surface area contributed by atoms with Gasteiger partial charge in [-0.3, -0.25) is 0 Å². The number of hydrogen-bond acceptors (Lipinski definition) is 8. The molecule has 1 spiro atoms. The van der Waals surface area contributed by atoms with Gasteiger partial charge in [-0.25, -0.2) is 23.2 Å². The third-order valence-electron chi connectivity index (χ3n) is 6.76. The van der Waals surface area contributed by atoms with E-state index in [9.17, 15) is 13.2 Å². The third-order valence-corrected chi connectivity index (χ3v) is 8.45. The van der Waals surface area contributed by atoms with E-state index in [1.165, 1.54) is 0 Å². The Hall–Kier alpha value is -2.72. The summed E-state index contributed by atoms with van der Waals surface area (Å²) in [6, 6.07) is 5.91. The highest BCUT2D eigenvalue weighted by Gasteiger charge is 2.41. The molecule has 0 unspecified atom stereocenters. The number of aliphatic hydroxyl groups excluding tert-OH is 1. The number of piperidine rings is 1. The lowest BCUT2D eigenvalue weighted by Crippen LogP contribution is -2.51. The van der Waals surface area contributed by atoms with Crippen LogP contribution in [0.3, 0.4) is 0 Å². The Kier molecular flexibility index (Phi) is 8.08. The molecule has 0 bridgehead atoms. The number of ether oxygens (including phenoxy) is 2. The second-order valence-corrected chi connectivity index (χ2v) is 13.5. The maximum absolute atomic E-state index is 12.4. The van der Waals surface area contributed by atoms with Crippen molar-refractivity contribution in [2.45, 2.75) is 64.2 Å². The molecule has 2 aromatic rings. The summed E-state index contributed by atoms with van der Waals surface area (Å²) in [5.41, 5.74) is 2.14. The Balaban J connectivity index is 1.36. The molecule has 202 valence electrons. The van der Waals surface area contributed by atoms with Crippen LogP contribution in [-0.4, -0.2) is 72.1 Å². The lowest BCUT2D eigenvalue weighted by Gasteiger charge is -2.44. The SMILES string of the molecule is CC(C)(C)COC(=O)N1CCC2(CCc3cc(-c4ncc(CS(=O)(=O)CCCO)cn4)ccc3O2)CC1. The zero-order valence-electron chi connectivity index (χ0n) is 21.9. The van der Waals surface area contributed by atoms with Crippen molar-refractivity contribution >= 4 is 15.9 Å². The summed E-state index contributed by atoms with van der Waals surface area (Å²) in [5.74, 6) is 1.18. The minimum absolute atomic E-state index is 0.0586. The van der Waals surface area contributed by atoms with Crippen molar-refractivity contribution in [3.05, 3.63) is 41.7 Å². The second kappa shape index (κ2) is 10.9. The Morgan fingerprint density at radius 2 is 1.86 bits per heavy atom. The Morgan fingerprint density at radius 1 is 1.16 bits per heavy atom. The predicted octanol–water partition coefficient (Wildman–Crippen LogP) is 3.78. The molecule has 0 radical (unpaired) electrons. The van der Waals surface area contributed by atoms with Crippen LogP contribution in [0.1, 0.15) is 57.6 Å². The van der Waals surface area contributed by atoms with Gasteiger partial charge in [0.1, 0.15) is 11.4 Å². The van der Waals surface area contributed by atoms with Gasteiger partial charge in [-0.1, -0.05) is 20.8 Å². The van der Waals surface area contributed by atoms with Gasteiger partial charge in [-0.05, 0) is 48.4 Å². The van der Waals surface area contributed by atoms with Gasteiger partial charge in [0, 0.05) is 56.1 Å². The van der Waals surface area contributed by atoms with Gasteiger partial charge in [0.25, 0.3) is 0 Å². The highest BCUT2D eigenvalue weighted by atomic mass is 32.2. The van der Waals surface area contributed by atoms with Crippen LogP contribution < -0.4 is 4.74 Å². The quantitative estimate of drug-likeness (QED) is 0.573. The standard InChI is InChI=1S/C27H37N3O6S/c1-26(2,3)19-35-25(32)30-11-9-27(10-12-30)8-7-21-15-22(5-6-23(21)36-27)24-28-16-20(17-29-24)18-37(33,34)14-4-13-31/h5-6,15-17,31H,4,7-14,18-19H2,1-3H3. The van der Waals surface area contributed by atoms with Crippen LogP contribution in [0.2, 0.25) is 0 Å². The van der Waals surface area contributed by atoms with E-state index in [-0.39, 0.29) is 41.6 Å². The number of likely N-dealkylation sites (tertiary alicyclic amines) is 1. The van der Waals surface area contributed by atoms with Gasteiger partial charge in [0.15, 0.2) is 15.7 Å². The Labute approximate surface area is 219 Å². The molecule has 0 saturated carbocycles. The van der Waals surface area contributed by atoms with Crippen LogP contribution in [0.25, 0.3) is 11.4 Å². The number of aliphatic hydroxyl groups is 1. The molecule has 3 heterocycles. The fraction of sp³-hybridized carbons (Fsp3) is 0.593. The zero-order valence-corrected chi connectivity index (χ0v) is 22.7. The van der Waals surface area contributed by atoms with Gasteiger partial charge in [0.05, 0.1) is 18.1 Å². The van der Waals surface area contributed by atoms with Crippen LogP contribution in [0.15, 0.2) is 30.6 Å². The highest BCUT2D eigenvalue weighted by molar-refractivity contribution is 7.90. The zero-order chi connectivity index (χ0) is 26.7. The number of nitrogens with zero attached hydrogens (tertiary/aromatic N) is 3. The second-order valence-electron chi connectivity index (χ2n) is 11.3. The molecule has 0 aliphatic carbocycles. The minimum Gasteiger partial charge on any atom is -0.487 e. The maximum atomic E-state index is 12.4. The van der Waals surface area contributed by atoms with E-state index in [1.54, 1.807) is 17.3 Å². The maximum Gasteiger partial charge on any atom is 0.409 e. The van der Waals surface area contributed by atoms with E-state index in [4.69, 9.17) is 14.6 Å². The first kappa shape index (κ1) is 27.3. The molecule has 37 heavy (non-hydrogen) atoms. The van der Waals surface area contributed by atoms with E-state index in [0.717, 1.165) is 42.6 Å². The third kappa shape index (κ3) is 7.19. The highest BCUT2D eigenvalue weighted by Crippen LogP contribution is 2.40. The summed E-state index contributed by atoms with van der Waals surface area (Å²) < 4.78 is 36.2. The predicted molar refractivity (Wildman–Crippen MR) is 140 cm³/mol. The van der Waals surface area contributed by atoms with Crippen molar-refractivity contribution in [1.29, 1.82) is 0 Å². The summed E-state index contributed by atoms with van der Waals surface area (Å²) in [6.45, 7) is 7.61. The molecule has 1 amide bonds. The molecule has 9 nitrogen and oxygen atoms in total. The van der Waals surface area contributed by atoms with Gasteiger partial charge in [0.2, 0.25) is 0 Å². The van der Waals surface area contributed by atoms with Crippen LogP contribution >= 0.6 is 0 Å². The number of amides is 1. The molecule has 1 aromatic heterocycles. The van der Waals surface area contributed by atoms with E-state index < -0.39 is 9.84 Å². The van der Waals surface area contributed by atoms with Gasteiger partial charge >= 0.3 is 6.09 Å². The molecule has 2 aliphatic heterocycles. The van der Waals surface area contributed by atoms with Crippen molar-refractivity contribution in [3.63, 3.8) is 0 Å². The largest absolute Gasteiger partial charge is 0.487 e. The topological polar surface area (TPSA) is 119 Å². The lowest BCUT2D eigenvalue weighted by molar-refractivity contribution is -0.0171. The fourth-order valence-corrected chi connectivity index (χ4v) is 6.04. The van der Waals surface area contributed by atoms with Crippen LogP contribution in [-0.2, 0) is 26.7 Å². The molecule has 1 aromatic carbocycles. The summed E-state index contributed by atoms with van der Waals surface area (Å²) in [6.07, 6.45) is 6.34. The number of benzene rings is 1. The number of aryl methyl sites for hydroxylation is 1. The summed E-state index contributed by atoms with van der Waals surface area (Å²) in [7, 11) is -3.30. The summed E-state index contributed by atoms with van der Waals surface area (Å²) >= 11 is 0. The average Bonchev–Trinajstić information content (AvgIpc) is 2.86. The first-order valence-corrected chi connectivity index (χ1v) is 14.7. The normalized spacial score (nSPS) is 17.2. The number of hydrogen-bond donors (Lipinski definition) is 1. The molecule has 1 saturated heterocycles. The van der Waals surface area contributed by atoms with Crippen LogP contribution in [0, 0.1) is 5.41 Å². The Bertz CT molecular complexity index is 1200.